The molecule has 1 N–H and O–H groups in total. The van der Waals surface area contributed by atoms with Gasteiger partial charge >= 0.3 is 12.3 Å². The number of pyridine rings is 1. The summed E-state index contributed by atoms with van der Waals surface area (Å²) < 4.78 is 43.4. The quantitative estimate of drug-likeness (QED) is 0.738. The maximum Gasteiger partial charge on any atom is 0.417 e. The molecule has 0 saturated heterocycles. The summed E-state index contributed by atoms with van der Waals surface area (Å²) in [6.45, 7) is 1.96. The number of hydrogen-bond acceptors (Lipinski definition) is 4. The van der Waals surface area contributed by atoms with E-state index in [1.54, 1.807) is 6.92 Å². The molecule has 0 spiro atoms. The molecule has 4 nitrogen and oxygen atoms in total. The lowest BCUT2D eigenvalue weighted by atomic mass is 10.1. The second-order valence-electron chi connectivity index (χ2n) is 5.92. The number of halogens is 4. The molecule has 2 aromatic rings. The van der Waals surface area contributed by atoms with Crippen molar-refractivity contribution in [1.82, 2.24) is 10.3 Å². The van der Waals surface area contributed by atoms with Gasteiger partial charge in [-0.05, 0) is 30.5 Å². The third-order valence-corrected chi connectivity index (χ3v) is 5.90. The van der Waals surface area contributed by atoms with Crippen LogP contribution in [0.4, 0.5) is 18.0 Å². The Labute approximate surface area is 163 Å². The molecule has 0 bridgehead atoms. The van der Waals surface area contributed by atoms with E-state index in [0.717, 1.165) is 23.4 Å². The Morgan fingerprint density at radius 1 is 1.41 bits per heavy atom. The fourth-order valence-corrected chi connectivity index (χ4v) is 4.45. The van der Waals surface area contributed by atoms with Crippen LogP contribution in [0.15, 0.2) is 41.6 Å². The zero-order valence-corrected chi connectivity index (χ0v) is 15.8. The summed E-state index contributed by atoms with van der Waals surface area (Å²) in [7, 11) is 0. The van der Waals surface area contributed by atoms with Crippen molar-refractivity contribution in [1.29, 1.82) is 0 Å². The van der Waals surface area contributed by atoms with Gasteiger partial charge in [-0.3, -0.25) is 0 Å². The van der Waals surface area contributed by atoms with Crippen molar-refractivity contribution in [2.24, 2.45) is 0 Å². The number of rotatable bonds is 4. The first-order valence-corrected chi connectivity index (χ1v) is 9.46. The number of nitrogens with one attached hydrogen (secondary N) is 1. The van der Waals surface area contributed by atoms with Gasteiger partial charge in [0.05, 0.1) is 28.5 Å². The zero-order chi connectivity index (χ0) is 19.6. The van der Waals surface area contributed by atoms with E-state index in [-0.39, 0.29) is 27.9 Å². The monoisotopic (exact) mass is 416 g/mol. The van der Waals surface area contributed by atoms with Gasteiger partial charge in [0, 0.05) is 6.20 Å². The first-order chi connectivity index (χ1) is 12.8. The Morgan fingerprint density at radius 2 is 2.15 bits per heavy atom. The van der Waals surface area contributed by atoms with Gasteiger partial charge < -0.3 is 10.1 Å². The van der Waals surface area contributed by atoms with E-state index < -0.39 is 17.8 Å². The normalized spacial score (nSPS) is 18.9. The summed E-state index contributed by atoms with van der Waals surface area (Å²) in [6.07, 6.45) is -3.69. The van der Waals surface area contributed by atoms with Gasteiger partial charge in [0.25, 0.3) is 0 Å². The Morgan fingerprint density at radius 3 is 2.81 bits per heavy atom. The van der Waals surface area contributed by atoms with Gasteiger partial charge in [-0.25, -0.2) is 9.78 Å². The van der Waals surface area contributed by atoms with Crippen LogP contribution >= 0.6 is 23.4 Å². The standard InChI is InChI=1S/C18H16ClF3N2O2S/c1-2-26-17(25)24-14-7-10-5-3-4-6-12(10)15(14)27-16-13(19)8-11(9-23-16)18(20,21)22/h3-6,8-9,14-15H,2,7H2,1H3,(H,24,25)/t14-,15+/m1/s1. The van der Waals surface area contributed by atoms with Crippen molar-refractivity contribution >= 4 is 29.5 Å². The topological polar surface area (TPSA) is 51.2 Å². The van der Waals surface area contributed by atoms with Crippen molar-refractivity contribution in [2.45, 2.75) is 35.8 Å². The van der Waals surface area contributed by atoms with Gasteiger partial charge in [0.1, 0.15) is 5.03 Å². The lowest BCUT2D eigenvalue weighted by Gasteiger charge is -2.21. The van der Waals surface area contributed by atoms with E-state index in [2.05, 4.69) is 10.3 Å². The van der Waals surface area contributed by atoms with Crippen LogP contribution in [0.2, 0.25) is 5.02 Å². The molecule has 0 unspecified atom stereocenters. The third kappa shape index (κ3) is 4.50. The van der Waals surface area contributed by atoms with Gasteiger partial charge in [0.15, 0.2) is 0 Å². The predicted octanol–water partition coefficient (Wildman–Crippen LogP) is 5.26. The number of amides is 1. The lowest BCUT2D eigenvalue weighted by Crippen LogP contribution is -2.37. The van der Waals surface area contributed by atoms with Crippen LogP contribution in [-0.2, 0) is 17.3 Å². The van der Waals surface area contributed by atoms with Gasteiger partial charge in [0.2, 0.25) is 0 Å². The summed E-state index contributed by atoms with van der Waals surface area (Å²) in [5, 5.41) is 2.78. The largest absolute Gasteiger partial charge is 0.450 e. The van der Waals surface area contributed by atoms with Gasteiger partial charge in [-0.1, -0.05) is 47.6 Å². The highest BCUT2D eigenvalue weighted by Crippen LogP contribution is 2.46. The molecule has 2 atom stereocenters. The summed E-state index contributed by atoms with van der Waals surface area (Å²) >= 11 is 7.28. The lowest BCUT2D eigenvalue weighted by molar-refractivity contribution is -0.137. The second kappa shape index (κ2) is 7.98. The van der Waals surface area contributed by atoms with Crippen molar-refractivity contribution in [2.75, 3.05) is 6.61 Å². The van der Waals surface area contributed by atoms with E-state index in [4.69, 9.17) is 16.3 Å². The molecule has 1 aliphatic carbocycles. The molecule has 0 fully saturated rings. The van der Waals surface area contributed by atoms with Crippen molar-refractivity contribution in [3.63, 3.8) is 0 Å². The predicted molar refractivity (Wildman–Crippen MR) is 96.9 cm³/mol. The second-order valence-corrected chi connectivity index (χ2v) is 7.46. The highest BCUT2D eigenvalue weighted by atomic mass is 35.5. The fraction of sp³-hybridized carbons (Fsp3) is 0.333. The first-order valence-electron chi connectivity index (χ1n) is 8.20. The maximum atomic E-state index is 12.8. The minimum atomic E-state index is -4.51. The van der Waals surface area contributed by atoms with Crippen molar-refractivity contribution in [3.05, 3.63) is 58.2 Å². The number of fused-ring (bicyclic) bond motifs is 1. The fourth-order valence-electron chi connectivity index (χ4n) is 2.94. The molecule has 1 amide bonds. The molecular weight excluding hydrogens is 401 g/mol. The summed E-state index contributed by atoms with van der Waals surface area (Å²) in [5.41, 5.74) is 1.15. The van der Waals surface area contributed by atoms with Gasteiger partial charge in [-0.15, -0.1) is 0 Å². The molecule has 0 radical (unpaired) electrons. The molecule has 1 aromatic heterocycles. The molecule has 144 valence electrons. The van der Waals surface area contributed by atoms with Crippen LogP contribution < -0.4 is 5.32 Å². The summed E-state index contributed by atoms with van der Waals surface area (Å²) in [6, 6.07) is 8.24. The van der Waals surface area contributed by atoms with Crippen molar-refractivity contribution < 1.29 is 22.7 Å². The highest BCUT2D eigenvalue weighted by molar-refractivity contribution is 7.99. The van der Waals surface area contributed by atoms with E-state index in [0.29, 0.717) is 6.42 Å². The number of nitrogens with zero attached hydrogens (tertiary/aromatic N) is 1. The molecule has 3 rings (SSSR count). The number of carbonyl (C=O) groups is 1. The van der Waals surface area contributed by atoms with E-state index in [9.17, 15) is 18.0 Å². The average molecular weight is 417 g/mol. The molecule has 0 saturated carbocycles. The molecule has 1 heterocycles. The molecule has 1 aliphatic rings. The van der Waals surface area contributed by atoms with E-state index in [1.165, 1.54) is 11.8 Å². The Balaban J connectivity index is 1.86. The molecule has 1 aromatic carbocycles. The number of benzene rings is 1. The Hall–Kier alpha value is -1.93. The van der Waals surface area contributed by atoms with Crippen LogP contribution in [0.1, 0.15) is 28.9 Å². The SMILES string of the molecule is CCOC(=O)N[C@@H]1Cc2ccccc2[C@@H]1Sc1ncc(C(F)(F)F)cc1Cl. The van der Waals surface area contributed by atoms with Crippen LogP contribution in [0.3, 0.4) is 0 Å². The number of ether oxygens (including phenoxy) is 1. The Bertz CT molecular complexity index is 848. The average Bonchev–Trinajstić information content (AvgIpc) is 2.93. The van der Waals surface area contributed by atoms with Crippen LogP contribution in [0.25, 0.3) is 0 Å². The number of alkyl carbamates (subject to hydrolysis) is 1. The molecule has 9 heteroatoms. The third-order valence-electron chi connectivity index (χ3n) is 4.12. The van der Waals surface area contributed by atoms with Crippen molar-refractivity contribution in [3.8, 4) is 0 Å². The van der Waals surface area contributed by atoms with Crippen LogP contribution in [0, 0.1) is 0 Å². The van der Waals surface area contributed by atoms with Gasteiger partial charge in [-0.2, -0.15) is 13.2 Å². The maximum absolute atomic E-state index is 12.8. The summed E-state index contributed by atoms with van der Waals surface area (Å²) in [4.78, 5) is 15.8. The van der Waals surface area contributed by atoms with Crippen LogP contribution in [-0.4, -0.2) is 23.7 Å². The number of alkyl halides is 3. The zero-order valence-electron chi connectivity index (χ0n) is 14.2. The number of aromatic nitrogens is 1. The molecule has 0 aliphatic heterocycles. The smallest absolute Gasteiger partial charge is 0.417 e. The number of carbonyl (C=O) groups excluding carboxylic acids is 1. The minimum Gasteiger partial charge on any atom is -0.450 e. The van der Waals surface area contributed by atoms with E-state index in [1.807, 2.05) is 24.3 Å². The number of thioether (sulfide) groups is 1. The van der Waals surface area contributed by atoms with E-state index >= 15 is 0 Å². The molecule has 27 heavy (non-hydrogen) atoms. The Kier molecular flexibility index (Phi) is 5.86. The highest BCUT2D eigenvalue weighted by Gasteiger charge is 2.36. The first kappa shape index (κ1) is 19.8. The summed E-state index contributed by atoms with van der Waals surface area (Å²) in [5.74, 6) is 0. The number of hydrogen-bond donors (Lipinski definition) is 1. The van der Waals surface area contributed by atoms with Crippen LogP contribution in [0.5, 0.6) is 0 Å². The minimum absolute atomic E-state index is 0.0749. The molecular formula is C18H16ClF3N2O2S.